The highest BCUT2D eigenvalue weighted by atomic mass is 19.4. The van der Waals surface area contributed by atoms with Crippen molar-refractivity contribution in [2.24, 2.45) is 11.8 Å². The first-order valence-electron chi connectivity index (χ1n) is 6.97. The molecule has 2 aliphatic rings. The fourth-order valence-corrected chi connectivity index (χ4v) is 2.89. The molecule has 1 atom stereocenters. The summed E-state index contributed by atoms with van der Waals surface area (Å²) in [6.45, 7) is 1.13. The van der Waals surface area contributed by atoms with Crippen molar-refractivity contribution in [3.8, 4) is 0 Å². The molecule has 0 aromatic carbocycles. The third kappa shape index (κ3) is 4.11. The zero-order chi connectivity index (χ0) is 14.8. The van der Waals surface area contributed by atoms with Gasteiger partial charge in [0.1, 0.15) is 0 Å². The minimum Gasteiger partial charge on any atom is -0.355 e. The average molecular weight is 292 g/mol. The number of carbonyl (C=O) groups is 2. The SMILES string of the molecule is O=C1CCC(C(=O)N2CCC(CC(F)(F)F)CC2)CN1. The molecule has 2 heterocycles. The molecule has 0 aromatic heterocycles. The molecule has 0 bridgehead atoms. The van der Waals surface area contributed by atoms with Crippen molar-refractivity contribution in [2.75, 3.05) is 19.6 Å². The van der Waals surface area contributed by atoms with E-state index < -0.39 is 12.6 Å². The lowest BCUT2D eigenvalue weighted by atomic mass is 9.91. The van der Waals surface area contributed by atoms with Gasteiger partial charge in [-0.05, 0) is 25.2 Å². The van der Waals surface area contributed by atoms with Crippen molar-refractivity contribution in [3.05, 3.63) is 0 Å². The molecular weight excluding hydrogens is 273 g/mol. The van der Waals surface area contributed by atoms with E-state index >= 15 is 0 Å². The smallest absolute Gasteiger partial charge is 0.355 e. The van der Waals surface area contributed by atoms with Gasteiger partial charge in [0.15, 0.2) is 0 Å². The zero-order valence-corrected chi connectivity index (χ0v) is 11.2. The Morgan fingerprint density at radius 2 is 1.90 bits per heavy atom. The standard InChI is InChI=1S/C13H19F3N2O2/c14-13(15,16)7-9-3-5-18(6-4-9)12(20)10-1-2-11(19)17-8-10/h9-10H,1-8H2,(H,17,19). The topological polar surface area (TPSA) is 49.4 Å². The first kappa shape index (κ1) is 15.1. The van der Waals surface area contributed by atoms with Gasteiger partial charge < -0.3 is 10.2 Å². The molecule has 4 nitrogen and oxygen atoms in total. The summed E-state index contributed by atoms with van der Waals surface area (Å²) < 4.78 is 36.9. The van der Waals surface area contributed by atoms with E-state index in [2.05, 4.69) is 5.32 Å². The van der Waals surface area contributed by atoms with E-state index in [-0.39, 0.29) is 23.7 Å². The summed E-state index contributed by atoms with van der Waals surface area (Å²) in [6, 6.07) is 0. The molecule has 2 saturated heterocycles. The fourth-order valence-electron chi connectivity index (χ4n) is 2.89. The fraction of sp³-hybridized carbons (Fsp3) is 0.846. The minimum absolute atomic E-state index is 0.0320. The lowest BCUT2D eigenvalue weighted by Crippen LogP contribution is -2.47. The molecule has 1 unspecified atom stereocenters. The maximum atomic E-state index is 12.3. The predicted molar refractivity (Wildman–Crippen MR) is 65.7 cm³/mol. The van der Waals surface area contributed by atoms with Crippen LogP contribution in [0, 0.1) is 11.8 Å². The Balaban J connectivity index is 1.78. The Morgan fingerprint density at radius 3 is 2.40 bits per heavy atom. The van der Waals surface area contributed by atoms with Crippen molar-refractivity contribution in [2.45, 2.75) is 38.3 Å². The van der Waals surface area contributed by atoms with E-state index in [1.165, 1.54) is 0 Å². The summed E-state index contributed by atoms with van der Waals surface area (Å²) in [7, 11) is 0. The van der Waals surface area contributed by atoms with E-state index in [4.69, 9.17) is 0 Å². The maximum Gasteiger partial charge on any atom is 0.389 e. The number of carbonyl (C=O) groups excluding carboxylic acids is 2. The van der Waals surface area contributed by atoms with Gasteiger partial charge in [0.05, 0.1) is 5.92 Å². The normalized spacial score (nSPS) is 25.4. The highest BCUT2D eigenvalue weighted by Gasteiger charge is 2.35. The van der Waals surface area contributed by atoms with Crippen LogP contribution in [0.1, 0.15) is 32.1 Å². The van der Waals surface area contributed by atoms with Gasteiger partial charge in [-0.1, -0.05) is 0 Å². The van der Waals surface area contributed by atoms with Crippen LogP contribution >= 0.6 is 0 Å². The average Bonchev–Trinajstić information content (AvgIpc) is 2.38. The van der Waals surface area contributed by atoms with E-state index in [0.717, 1.165) is 0 Å². The Labute approximate surface area is 115 Å². The first-order valence-corrected chi connectivity index (χ1v) is 6.97. The second-order valence-electron chi connectivity index (χ2n) is 5.63. The third-order valence-electron chi connectivity index (χ3n) is 4.06. The Hall–Kier alpha value is -1.27. The number of nitrogens with one attached hydrogen (secondary N) is 1. The van der Waals surface area contributed by atoms with Crippen LogP contribution in [-0.2, 0) is 9.59 Å². The van der Waals surface area contributed by atoms with Crippen LogP contribution in [-0.4, -0.2) is 42.5 Å². The minimum atomic E-state index is -4.12. The van der Waals surface area contributed by atoms with Crippen LogP contribution in [0.3, 0.4) is 0 Å². The van der Waals surface area contributed by atoms with Gasteiger partial charge in [-0.25, -0.2) is 0 Å². The number of nitrogens with zero attached hydrogens (tertiary/aromatic N) is 1. The van der Waals surface area contributed by atoms with Gasteiger partial charge in [0.2, 0.25) is 11.8 Å². The summed E-state index contributed by atoms with van der Waals surface area (Å²) in [5, 5.41) is 2.66. The van der Waals surface area contributed by atoms with Crippen LogP contribution in [0.15, 0.2) is 0 Å². The summed E-state index contributed by atoms with van der Waals surface area (Å²) in [5.41, 5.74) is 0. The van der Waals surface area contributed by atoms with Crippen LogP contribution in [0.2, 0.25) is 0 Å². The van der Waals surface area contributed by atoms with Crippen LogP contribution in [0.25, 0.3) is 0 Å². The summed E-state index contributed by atoms with van der Waals surface area (Å²) in [5.74, 6) is -0.662. The van der Waals surface area contributed by atoms with Gasteiger partial charge in [-0.2, -0.15) is 13.2 Å². The number of amides is 2. The van der Waals surface area contributed by atoms with Crippen LogP contribution in [0.4, 0.5) is 13.2 Å². The van der Waals surface area contributed by atoms with Crippen LogP contribution < -0.4 is 5.32 Å². The van der Waals surface area contributed by atoms with E-state index in [1.807, 2.05) is 0 Å². The Bertz CT molecular complexity index is 366. The molecule has 2 aliphatic heterocycles. The quantitative estimate of drug-likeness (QED) is 0.842. The van der Waals surface area contributed by atoms with Gasteiger partial charge in [-0.3, -0.25) is 9.59 Å². The molecule has 2 fully saturated rings. The number of alkyl halides is 3. The molecule has 2 rings (SSSR count). The van der Waals surface area contributed by atoms with Crippen molar-refractivity contribution < 1.29 is 22.8 Å². The molecule has 0 spiro atoms. The second kappa shape index (κ2) is 6.01. The molecule has 114 valence electrons. The van der Waals surface area contributed by atoms with Gasteiger partial charge in [0.25, 0.3) is 0 Å². The van der Waals surface area contributed by atoms with E-state index in [0.29, 0.717) is 45.3 Å². The lowest BCUT2D eigenvalue weighted by molar-refractivity contribution is -0.150. The molecule has 2 amide bonds. The number of piperidine rings is 2. The van der Waals surface area contributed by atoms with E-state index in [1.54, 1.807) is 4.90 Å². The lowest BCUT2D eigenvalue weighted by Gasteiger charge is -2.35. The zero-order valence-electron chi connectivity index (χ0n) is 11.2. The van der Waals surface area contributed by atoms with Crippen molar-refractivity contribution >= 4 is 11.8 Å². The molecule has 0 radical (unpaired) electrons. The molecule has 7 heteroatoms. The molecule has 0 aromatic rings. The molecule has 1 N–H and O–H groups in total. The highest BCUT2D eigenvalue weighted by molar-refractivity contribution is 5.83. The highest BCUT2D eigenvalue weighted by Crippen LogP contribution is 2.31. The maximum absolute atomic E-state index is 12.3. The Morgan fingerprint density at radius 1 is 1.25 bits per heavy atom. The summed E-state index contributed by atoms with van der Waals surface area (Å²) >= 11 is 0. The number of halogens is 3. The van der Waals surface area contributed by atoms with Crippen molar-refractivity contribution in [1.82, 2.24) is 10.2 Å². The third-order valence-corrected chi connectivity index (χ3v) is 4.06. The second-order valence-corrected chi connectivity index (χ2v) is 5.63. The molecule has 0 aliphatic carbocycles. The van der Waals surface area contributed by atoms with Crippen molar-refractivity contribution in [3.63, 3.8) is 0 Å². The summed E-state index contributed by atoms with van der Waals surface area (Å²) in [6.07, 6.45) is -3.18. The van der Waals surface area contributed by atoms with Crippen LogP contribution in [0.5, 0.6) is 0 Å². The van der Waals surface area contributed by atoms with Crippen molar-refractivity contribution in [1.29, 1.82) is 0 Å². The number of likely N-dealkylation sites (tertiary alicyclic amines) is 1. The predicted octanol–water partition coefficient (Wildman–Crippen LogP) is 1.70. The first-order chi connectivity index (χ1) is 9.35. The molecule has 20 heavy (non-hydrogen) atoms. The largest absolute Gasteiger partial charge is 0.389 e. The van der Waals surface area contributed by atoms with E-state index in [9.17, 15) is 22.8 Å². The molecule has 0 saturated carbocycles. The summed E-state index contributed by atoms with van der Waals surface area (Å²) in [4.78, 5) is 24.9. The monoisotopic (exact) mass is 292 g/mol. The Kier molecular flexibility index (Phi) is 4.55. The molecular formula is C13H19F3N2O2. The van der Waals surface area contributed by atoms with Gasteiger partial charge in [0, 0.05) is 32.5 Å². The van der Waals surface area contributed by atoms with Gasteiger partial charge in [-0.15, -0.1) is 0 Å². The number of hydrogen-bond acceptors (Lipinski definition) is 2. The number of hydrogen-bond donors (Lipinski definition) is 1. The number of rotatable bonds is 2. The van der Waals surface area contributed by atoms with Gasteiger partial charge >= 0.3 is 6.18 Å².